The summed E-state index contributed by atoms with van der Waals surface area (Å²) in [5, 5.41) is 9.26. The van der Waals surface area contributed by atoms with E-state index in [-0.39, 0.29) is 22.3 Å². The highest BCUT2D eigenvalue weighted by molar-refractivity contribution is 7.86. The average molecular weight is 904 g/mol. The Labute approximate surface area is 382 Å². The number of benzene rings is 2. The molecule has 0 saturated heterocycles. The van der Waals surface area contributed by atoms with Gasteiger partial charge in [0, 0.05) is 79.1 Å². The molecule has 5 rings (SSSR count). The number of carboxylic acids is 1. The third-order valence-electron chi connectivity index (χ3n) is 12.1. The number of unbranched alkanes of at least 4 members (excludes halogenated alkanes) is 2. The van der Waals surface area contributed by atoms with Crippen molar-refractivity contribution in [2.75, 3.05) is 78.5 Å². The molecule has 0 saturated carbocycles. The average Bonchev–Trinajstić information content (AvgIpc) is 3.46. The summed E-state index contributed by atoms with van der Waals surface area (Å²) in [7, 11) is -1.17. The van der Waals surface area contributed by atoms with Gasteiger partial charge in [0.05, 0.1) is 62.6 Å². The maximum Gasteiger partial charge on any atom is 0.303 e. The Kier molecular flexibility index (Phi) is 17.6. The normalized spacial score (nSPS) is 19.0. The van der Waals surface area contributed by atoms with Gasteiger partial charge in [-0.25, -0.2) is 0 Å². The molecule has 0 spiro atoms. The summed E-state index contributed by atoms with van der Waals surface area (Å²) in [4.78, 5) is 13.8. The van der Waals surface area contributed by atoms with E-state index in [9.17, 15) is 18.3 Å². The van der Waals surface area contributed by atoms with E-state index in [1.54, 1.807) is 19.2 Å². The van der Waals surface area contributed by atoms with Gasteiger partial charge in [-0.3, -0.25) is 8.98 Å². The lowest BCUT2D eigenvalue weighted by atomic mass is 9.76. The fourth-order valence-electron chi connectivity index (χ4n) is 8.71. The van der Waals surface area contributed by atoms with E-state index in [2.05, 4.69) is 101 Å². The van der Waals surface area contributed by atoms with Crippen molar-refractivity contribution in [2.24, 2.45) is 5.41 Å². The molecule has 2 aromatic carbocycles. The predicted octanol–water partition coefficient (Wildman–Crippen LogP) is 9.65. The Hall–Kier alpha value is -4.37. The predicted molar refractivity (Wildman–Crippen MR) is 254 cm³/mol. The number of nitrogens with zero attached hydrogens (tertiary/aromatic N) is 2. The number of likely N-dealkylation sites (N-methyl/N-ethyl adjacent to an activating group) is 1. The molecule has 3 aliphatic rings. The maximum absolute atomic E-state index is 13.0. The molecule has 0 aliphatic carbocycles. The molecule has 3 aliphatic heterocycles. The van der Waals surface area contributed by atoms with Gasteiger partial charge >= 0.3 is 5.97 Å². The Morgan fingerprint density at radius 2 is 1.58 bits per heavy atom. The van der Waals surface area contributed by atoms with Gasteiger partial charge in [-0.1, -0.05) is 51.2 Å². The molecule has 3 heterocycles. The van der Waals surface area contributed by atoms with Gasteiger partial charge in [-0.05, 0) is 89.3 Å². The van der Waals surface area contributed by atoms with Crippen LogP contribution in [0.3, 0.4) is 0 Å². The first-order chi connectivity index (χ1) is 30.4. The van der Waals surface area contributed by atoms with E-state index < -0.39 is 21.5 Å². The van der Waals surface area contributed by atoms with Crippen LogP contribution in [-0.2, 0) is 43.5 Å². The number of allylic oxidation sites excluding steroid dienone is 9. The number of carbonyl (C=O) groups is 1. The molecule has 0 bridgehead atoms. The number of hydrogen-bond donors (Lipinski definition) is 1. The Morgan fingerprint density at radius 1 is 0.891 bits per heavy atom. The molecule has 350 valence electrons. The topological polar surface area (TPSA) is 133 Å². The van der Waals surface area contributed by atoms with Crippen LogP contribution in [0.25, 0.3) is 11.1 Å². The zero-order valence-electron chi connectivity index (χ0n) is 39.8. The zero-order chi connectivity index (χ0) is 46.7. The van der Waals surface area contributed by atoms with Crippen LogP contribution >= 0.6 is 0 Å². The first-order valence-corrected chi connectivity index (χ1v) is 23.9. The smallest absolute Gasteiger partial charge is 0.303 e. The first kappa shape index (κ1) is 50.6. The zero-order valence-corrected chi connectivity index (χ0v) is 40.6. The van der Waals surface area contributed by atoms with Crippen LogP contribution in [0.5, 0.6) is 5.75 Å². The molecule has 13 heteroatoms. The lowest BCUT2D eigenvalue weighted by Crippen LogP contribution is -2.45. The van der Waals surface area contributed by atoms with Gasteiger partial charge in [-0.15, -0.1) is 0 Å². The molecule has 0 fully saturated rings. The minimum absolute atomic E-state index is 0.0812. The minimum Gasteiger partial charge on any atom is -0.481 e. The van der Waals surface area contributed by atoms with Gasteiger partial charge in [0.25, 0.3) is 10.1 Å². The molecule has 0 amide bonds. The molecule has 64 heavy (non-hydrogen) atoms. The SMILES string of the molecule is CCN1c2cc3c(cc2C(C)=CC1(C)C)C(=CC=CC=CC1=[N+](CCCCCC(=O)O)c2ccc(S(=O)(=O)OC)cc2C1(C)CCOCCOCCOCCOC)C=C(C(C)(C)C)O3. The van der Waals surface area contributed by atoms with Gasteiger partial charge in [0.2, 0.25) is 5.69 Å². The minimum atomic E-state index is -3.97. The Balaban J connectivity index is 1.47. The van der Waals surface area contributed by atoms with Crippen LogP contribution in [0.15, 0.2) is 83.5 Å². The standard InChI is InChI=1S/C51H70N2O10S/c1-11-53-44-35-45-41(34-40(44)37(2)36-50(53,6)7)38(32-47(63-45)49(3,4)5)18-14-12-15-19-46-51(8,23-25-60-28-29-62-31-30-61-27-26-58-9)42-33-39(64(56,57)59-10)21-22-43(42)52(46)24-17-13-16-20-48(54)55/h12,14-15,18-19,21-22,32-36H,11,13,16-17,20,23-31H2,1-10H3/p+1. The van der Waals surface area contributed by atoms with Gasteiger partial charge in [0.15, 0.2) is 5.71 Å². The quantitative estimate of drug-likeness (QED) is 0.0468. The van der Waals surface area contributed by atoms with Gasteiger partial charge in [0.1, 0.15) is 18.1 Å². The second-order valence-electron chi connectivity index (χ2n) is 18.3. The maximum atomic E-state index is 13.0. The van der Waals surface area contributed by atoms with E-state index in [1.807, 2.05) is 24.3 Å². The van der Waals surface area contributed by atoms with Crippen LogP contribution in [0.2, 0.25) is 0 Å². The second-order valence-corrected chi connectivity index (χ2v) is 20.0. The number of hydrogen-bond acceptors (Lipinski definition) is 10. The second kappa shape index (κ2) is 22.2. The molecule has 1 unspecified atom stereocenters. The summed E-state index contributed by atoms with van der Waals surface area (Å²) in [6.45, 7) is 22.1. The summed E-state index contributed by atoms with van der Waals surface area (Å²) >= 11 is 0. The molecule has 1 atom stereocenters. The number of methoxy groups -OCH3 is 1. The molecule has 0 aromatic heterocycles. The van der Waals surface area contributed by atoms with Crippen LogP contribution in [-0.4, -0.2) is 109 Å². The number of aliphatic carboxylic acids is 1. The van der Waals surface area contributed by atoms with Crippen molar-refractivity contribution in [1.82, 2.24) is 0 Å². The van der Waals surface area contributed by atoms with Crippen molar-refractivity contribution in [3.05, 3.63) is 95.3 Å². The molecular weight excluding hydrogens is 833 g/mol. The molecule has 1 N–H and O–H groups in total. The van der Waals surface area contributed by atoms with Gasteiger partial charge < -0.3 is 33.7 Å². The first-order valence-electron chi connectivity index (χ1n) is 22.5. The number of anilines is 1. The summed E-state index contributed by atoms with van der Waals surface area (Å²) in [6, 6.07) is 9.61. The van der Waals surface area contributed by atoms with Crippen LogP contribution in [0, 0.1) is 5.41 Å². The number of ether oxygens (including phenoxy) is 5. The summed E-state index contributed by atoms with van der Waals surface area (Å²) in [5.41, 5.74) is 7.46. The number of rotatable bonds is 24. The van der Waals surface area contributed by atoms with Crippen molar-refractivity contribution in [2.45, 2.75) is 103 Å². The summed E-state index contributed by atoms with van der Waals surface area (Å²) in [6.07, 6.45) is 17.5. The lowest BCUT2D eigenvalue weighted by Gasteiger charge is -2.43. The molecule has 0 radical (unpaired) electrons. The summed E-state index contributed by atoms with van der Waals surface area (Å²) < 4.78 is 62.1. The van der Waals surface area contributed by atoms with E-state index in [0.29, 0.717) is 65.6 Å². The van der Waals surface area contributed by atoms with Crippen molar-refractivity contribution in [1.29, 1.82) is 0 Å². The molecule has 12 nitrogen and oxygen atoms in total. The number of fused-ring (bicyclic) bond motifs is 3. The van der Waals surface area contributed by atoms with Gasteiger partial charge in [-0.2, -0.15) is 13.0 Å². The van der Waals surface area contributed by atoms with Crippen LogP contribution in [0.1, 0.15) is 104 Å². The van der Waals surface area contributed by atoms with E-state index >= 15 is 0 Å². The lowest BCUT2D eigenvalue weighted by molar-refractivity contribution is -0.438. The van der Waals surface area contributed by atoms with Crippen molar-refractivity contribution in [3.63, 3.8) is 0 Å². The number of carboxylic acid groups (broad SMARTS) is 1. The summed E-state index contributed by atoms with van der Waals surface area (Å²) in [5.74, 6) is 0.927. The Bertz CT molecular complexity index is 2280. The molecule has 2 aromatic rings. The van der Waals surface area contributed by atoms with Crippen LogP contribution < -0.4 is 9.64 Å². The van der Waals surface area contributed by atoms with E-state index in [4.69, 9.17) is 27.9 Å². The van der Waals surface area contributed by atoms with E-state index in [0.717, 1.165) is 59.0 Å². The highest BCUT2D eigenvalue weighted by atomic mass is 32.2. The molecular formula is C51H71N2O10S+. The fourth-order valence-corrected chi connectivity index (χ4v) is 9.40. The highest BCUT2D eigenvalue weighted by Gasteiger charge is 2.48. The van der Waals surface area contributed by atoms with Crippen molar-refractivity contribution >= 4 is 44.3 Å². The fraction of sp³-hybridized carbons (Fsp3) is 0.529. The monoisotopic (exact) mass is 903 g/mol. The van der Waals surface area contributed by atoms with Crippen molar-refractivity contribution < 1.29 is 50.8 Å². The van der Waals surface area contributed by atoms with Crippen molar-refractivity contribution in [3.8, 4) is 5.75 Å². The largest absolute Gasteiger partial charge is 0.481 e. The van der Waals surface area contributed by atoms with Crippen LogP contribution in [0.4, 0.5) is 11.4 Å². The Morgan fingerprint density at radius 3 is 2.22 bits per heavy atom. The van der Waals surface area contributed by atoms with E-state index in [1.165, 1.54) is 23.9 Å². The third kappa shape index (κ3) is 12.3. The highest BCUT2D eigenvalue weighted by Crippen LogP contribution is 2.48. The third-order valence-corrected chi connectivity index (χ3v) is 13.4.